The van der Waals surface area contributed by atoms with Gasteiger partial charge in [-0.25, -0.2) is 14.8 Å². The molecular weight excluding hydrogens is 759 g/mol. The molecule has 2 aliphatic rings. The summed E-state index contributed by atoms with van der Waals surface area (Å²) in [6, 6.07) is 16.8. The Labute approximate surface area is 345 Å². The Hall–Kier alpha value is -5.87. The normalized spacial score (nSPS) is 13.2. The Morgan fingerprint density at radius 2 is 1.55 bits per heavy atom. The number of nitrogens with one attached hydrogen (secondary N) is 4. The molecule has 2 fully saturated rings. The number of benzene rings is 2. The number of H-pyrrole nitrogens is 1. The minimum absolute atomic E-state index is 0.0303. The Kier molecular flexibility index (Phi) is 23.0. The summed E-state index contributed by atoms with van der Waals surface area (Å²) in [5.74, 6) is 0.771. The number of ether oxygens (including phenoxy) is 1. The second kappa shape index (κ2) is 27.7. The maximum Gasteiger partial charge on any atom is 0.407 e. The zero-order valence-corrected chi connectivity index (χ0v) is 35.3. The van der Waals surface area contributed by atoms with Gasteiger partial charge in [-0.15, -0.1) is 0 Å². The van der Waals surface area contributed by atoms with Gasteiger partial charge in [-0.05, 0) is 62.5 Å². The first kappa shape index (κ1) is 48.3. The number of nitrogens with zero attached hydrogens (tertiary/aromatic N) is 5. The van der Waals surface area contributed by atoms with Crippen LogP contribution < -0.4 is 16.0 Å². The van der Waals surface area contributed by atoms with E-state index in [0.29, 0.717) is 6.29 Å². The zero-order chi connectivity index (χ0) is 42.7. The number of rotatable bonds is 8. The summed E-state index contributed by atoms with van der Waals surface area (Å²) in [4.78, 5) is 69.3. The molecule has 15 nitrogen and oxygen atoms in total. The van der Waals surface area contributed by atoms with Crippen molar-refractivity contribution in [3.05, 3.63) is 85.1 Å². The van der Waals surface area contributed by atoms with E-state index >= 15 is 0 Å². The van der Waals surface area contributed by atoms with Crippen molar-refractivity contribution in [1.29, 1.82) is 0 Å². The number of imidazole rings is 2. The van der Waals surface area contributed by atoms with Crippen molar-refractivity contribution in [1.82, 2.24) is 39.8 Å². The van der Waals surface area contributed by atoms with Crippen LogP contribution in [-0.2, 0) is 23.9 Å². The summed E-state index contributed by atoms with van der Waals surface area (Å²) in [6.45, 7) is 12.1. The fourth-order valence-corrected chi connectivity index (χ4v) is 6.44. The Morgan fingerprint density at radius 1 is 0.948 bits per heavy atom. The van der Waals surface area contributed by atoms with Crippen molar-refractivity contribution in [3.8, 4) is 21.7 Å². The molecular formula is C42H59N9O6S. The van der Waals surface area contributed by atoms with E-state index in [1.165, 1.54) is 56.8 Å². The number of carbonyl (C=O) groups is 5. The van der Waals surface area contributed by atoms with Crippen molar-refractivity contribution < 1.29 is 28.7 Å². The number of likely N-dealkylation sites (tertiary alicyclic amines) is 2. The number of methoxy groups -OCH3 is 1. The van der Waals surface area contributed by atoms with E-state index in [2.05, 4.69) is 96.3 Å². The largest absolute Gasteiger partial charge is 0.453 e. The highest BCUT2D eigenvalue weighted by Crippen LogP contribution is 2.30. The lowest BCUT2D eigenvalue weighted by Gasteiger charge is -2.14. The molecule has 5 aromatic rings. The molecule has 3 amide bonds. The lowest BCUT2D eigenvalue weighted by atomic mass is 10.1. The summed E-state index contributed by atoms with van der Waals surface area (Å²) in [6.07, 6.45) is 13.9. The molecule has 58 heavy (non-hydrogen) atoms. The van der Waals surface area contributed by atoms with Gasteiger partial charge in [0.15, 0.2) is 4.96 Å². The van der Waals surface area contributed by atoms with Crippen LogP contribution in [0.25, 0.3) is 26.7 Å². The Bertz CT molecular complexity index is 1860. The summed E-state index contributed by atoms with van der Waals surface area (Å²) in [5, 5.41) is 7.95. The lowest BCUT2D eigenvalue weighted by Crippen LogP contribution is -2.37. The van der Waals surface area contributed by atoms with Crippen molar-refractivity contribution >= 4 is 53.1 Å². The first-order valence-corrected chi connectivity index (χ1v) is 20.0. The van der Waals surface area contributed by atoms with E-state index in [1.807, 2.05) is 32.3 Å². The van der Waals surface area contributed by atoms with Crippen LogP contribution in [-0.4, -0.2) is 114 Å². The topological polar surface area (TPSA) is 183 Å². The van der Waals surface area contributed by atoms with Crippen LogP contribution in [0.4, 0.5) is 10.6 Å². The van der Waals surface area contributed by atoms with Crippen molar-refractivity contribution in [2.75, 3.05) is 59.2 Å². The predicted molar refractivity (Wildman–Crippen MR) is 231 cm³/mol. The van der Waals surface area contributed by atoms with Crippen molar-refractivity contribution in [3.63, 3.8) is 0 Å². The molecule has 0 aliphatic carbocycles. The average Bonchev–Trinajstić information content (AvgIpc) is 4.11. The number of aromatic nitrogens is 4. The standard InChI is InChI=1S/C15H13N5S.C10H11NO3.C8H14N2O2.C5H11N.C3H8.CH2O/c1-16-14-8-20-7-13(21-15(20)19-14)11-4-2-10(3-5-11)12-6-17-9-18-12;1-14-10(13)11-9(7-12)8-5-3-2-4-6-8;1-7(11)9-6-8(12)10-4-2-3-5-10;1-6-4-2-3-5-6;1-3-2;1-2/h2-9,16H,1H3,(H,17,18);2-7,9H,1H3,(H,11,13);2-6H2,1H3,(H,9,11);2-5H2,1H3;3H2,1-2H3;1H2. The fourth-order valence-electron chi connectivity index (χ4n) is 5.47. The number of fused-ring (bicyclic) bond motifs is 1. The maximum absolute atomic E-state index is 11.3. The average molecular weight is 818 g/mol. The number of alkyl carbamates (subject to hydrolysis) is 1. The number of carbonyl (C=O) groups excluding carboxylic acids is 5. The number of amides is 3. The zero-order valence-electron chi connectivity index (χ0n) is 34.5. The van der Waals surface area contributed by atoms with Crippen LogP contribution in [0.3, 0.4) is 0 Å². The number of thiazole rings is 1. The molecule has 0 bridgehead atoms. The van der Waals surface area contributed by atoms with Gasteiger partial charge in [0.05, 0.1) is 42.9 Å². The molecule has 1 atom stereocenters. The van der Waals surface area contributed by atoms with Gasteiger partial charge in [-0.1, -0.05) is 86.2 Å². The predicted octanol–water partition coefficient (Wildman–Crippen LogP) is 6.47. The van der Waals surface area contributed by atoms with Gasteiger partial charge in [-0.3, -0.25) is 14.0 Å². The van der Waals surface area contributed by atoms with Crippen LogP contribution in [0.5, 0.6) is 0 Å². The molecule has 314 valence electrons. The summed E-state index contributed by atoms with van der Waals surface area (Å²) >= 11 is 1.68. The van der Waals surface area contributed by atoms with Crippen LogP contribution >= 0.6 is 11.3 Å². The molecule has 1 unspecified atom stereocenters. The molecule has 4 N–H and O–H groups in total. The highest BCUT2D eigenvalue weighted by molar-refractivity contribution is 7.20. The SMILES string of the molecule is C=O.CC(=O)NCC(=O)N1CCCC1.CCC.CN1CCCC1.CNc1cn2cc(-c3ccc(-c4cnc[nH]4)cc3)sc2n1.COC(=O)NC(C=O)c1ccccc1. The van der Waals surface area contributed by atoms with E-state index in [0.717, 1.165) is 53.5 Å². The lowest BCUT2D eigenvalue weighted by molar-refractivity contribution is -0.131. The van der Waals surface area contributed by atoms with Crippen molar-refractivity contribution in [2.24, 2.45) is 0 Å². The van der Waals surface area contributed by atoms with E-state index in [1.54, 1.807) is 46.8 Å². The van der Waals surface area contributed by atoms with Gasteiger partial charge in [0.25, 0.3) is 0 Å². The summed E-state index contributed by atoms with van der Waals surface area (Å²) in [5.41, 5.74) is 4.09. The van der Waals surface area contributed by atoms with Gasteiger partial charge >= 0.3 is 6.09 Å². The van der Waals surface area contributed by atoms with Gasteiger partial charge in [0.2, 0.25) is 11.8 Å². The van der Waals surface area contributed by atoms with Crippen LogP contribution in [0.1, 0.15) is 64.5 Å². The number of aldehydes is 1. The van der Waals surface area contributed by atoms with Crippen molar-refractivity contribution in [2.45, 2.75) is 58.9 Å². The first-order valence-electron chi connectivity index (χ1n) is 19.2. The van der Waals surface area contributed by atoms with Gasteiger partial charge < -0.3 is 45.1 Å². The monoisotopic (exact) mass is 817 g/mol. The van der Waals surface area contributed by atoms with Crippen LogP contribution in [0.2, 0.25) is 0 Å². The highest BCUT2D eigenvalue weighted by Gasteiger charge is 2.17. The number of hydrogen-bond acceptors (Lipinski definition) is 11. The number of hydrogen-bond donors (Lipinski definition) is 4. The number of aromatic amines is 1. The third-order valence-electron chi connectivity index (χ3n) is 8.42. The molecule has 16 heteroatoms. The highest BCUT2D eigenvalue weighted by atomic mass is 32.1. The van der Waals surface area contributed by atoms with Gasteiger partial charge in [0.1, 0.15) is 24.9 Å². The summed E-state index contributed by atoms with van der Waals surface area (Å²) < 4.78 is 6.45. The second-order valence-electron chi connectivity index (χ2n) is 13.1. The molecule has 5 heterocycles. The Balaban J connectivity index is 0.000000275. The molecule has 0 spiro atoms. The first-order chi connectivity index (χ1) is 28.1. The molecule has 2 aliphatic heterocycles. The number of anilines is 1. The van der Waals surface area contributed by atoms with Gasteiger partial charge in [0, 0.05) is 33.3 Å². The molecule has 3 aromatic heterocycles. The quantitative estimate of drug-likeness (QED) is 0.127. The second-order valence-corrected chi connectivity index (χ2v) is 14.1. The van der Waals surface area contributed by atoms with E-state index in [9.17, 15) is 19.2 Å². The molecule has 2 aromatic carbocycles. The fraction of sp³-hybridized carbons (Fsp3) is 0.405. The third-order valence-corrected chi connectivity index (χ3v) is 9.47. The molecule has 7 rings (SSSR count). The van der Waals surface area contributed by atoms with E-state index in [-0.39, 0.29) is 18.4 Å². The smallest absolute Gasteiger partial charge is 0.407 e. The van der Waals surface area contributed by atoms with E-state index in [4.69, 9.17) is 4.79 Å². The Morgan fingerprint density at radius 3 is 2.03 bits per heavy atom. The third kappa shape index (κ3) is 17.1. The summed E-state index contributed by atoms with van der Waals surface area (Å²) in [7, 11) is 5.30. The van der Waals surface area contributed by atoms with Crippen LogP contribution in [0, 0.1) is 0 Å². The minimum atomic E-state index is -0.649. The molecule has 2 saturated heterocycles. The van der Waals surface area contributed by atoms with Crippen LogP contribution in [0.15, 0.2) is 79.5 Å². The van der Waals surface area contributed by atoms with E-state index < -0.39 is 12.1 Å². The maximum atomic E-state index is 11.3. The molecule has 0 radical (unpaired) electrons. The molecule has 0 saturated carbocycles. The minimum Gasteiger partial charge on any atom is -0.453 e. The van der Waals surface area contributed by atoms with Gasteiger partial charge in [-0.2, -0.15) is 0 Å².